The van der Waals surface area contributed by atoms with Crippen molar-refractivity contribution in [1.82, 2.24) is 0 Å². The first kappa shape index (κ1) is 31.1. The summed E-state index contributed by atoms with van der Waals surface area (Å²) in [7, 11) is 0. The molecule has 4 rings (SSSR count). The van der Waals surface area contributed by atoms with Gasteiger partial charge in [0.1, 0.15) is 30.6 Å². The average molecular weight is 642 g/mol. The zero-order valence-electron chi connectivity index (χ0n) is 22.3. The molecule has 0 fully saturated rings. The normalized spacial score (nSPS) is 11.0. The Morgan fingerprint density at radius 1 is 0.857 bits per heavy atom. The third-order valence-corrected chi connectivity index (χ3v) is 6.90. The molecule has 0 atom stereocenters. The fraction of sp³-hybridized carbons (Fsp3) is 0.125. The van der Waals surface area contributed by atoms with Gasteiger partial charge in [0, 0.05) is 26.3 Å². The smallest absolute Gasteiger partial charge is 0.266 e. The van der Waals surface area contributed by atoms with Gasteiger partial charge >= 0.3 is 0 Å². The molecule has 0 aliphatic rings. The molecule has 42 heavy (non-hydrogen) atoms. The van der Waals surface area contributed by atoms with Crippen LogP contribution in [-0.4, -0.2) is 12.5 Å². The fourth-order valence-corrected chi connectivity index (χ4v) is 4.75. The van der Waals surface area contributed by atoms with Crippen LogP contribution < -0.4 is 19.5 Å². The maximum Gasteiger partial charge on any atom is 0.266 e. The van der Waals surface area contributed by atoms with E-state index in [0.29, 0.717) is 50.2 Å². The van der Waals surface area contributed by atoms with E-state index in [2.05, 4.69) is 5.32 Å². The van der Waals surface area contributed by atoms with Gasteiger partial charge in [-0.1, -0.05) is 64.6 Å². The van der Waals surface area contributed by atoms with Crippen LogP contribution in [0.1, 0.15) is 23.6 Å². The molecule has 4 aromatic rings. The first-order chi connectivity index (χ1) is 20.2. The Kier molecular flexibility index (Phi) is 11.0. The Morgan fingerprint density at radius 3 is 2.31 bits per heavy atom. The molecule has 0 spiro atoms. The lowest BCUT2D eigenvalue weighted by atomic mass is 10.1. The molecular formula is C32H24Cl4N2O4. The summed E-state index contributed by atoms with van der Waals surface area (Å²) in [6.45, 7) is 2.66. The van der Waals surface area contributed by atoms with E-state index in [0.717, 1.165) is 11.1 Å². The summed E-state index contributed by atoms with van der Waals surface area (Å²) in [6.07, 6.45) is 1.43. The van der Waals surface area contributed by atoms with Crippen LogP contribution in [0.5, 0.6) is 17.2 Å². The van der Waals surface area contributed by atoms with Gasteiger partial charge in [0.05, 0.1) is 11.6 Å². The molecule has 0 aromatic heterocycles. The van der Waals surface area contributed by atoms with E-state index in [4.69, 9.17) is 60.6 Å². The maximum atomic E-state index is 12.9. The van der Waals surface area contributed by atoms with Crippen LogP contribution in [0.2, 0.25) is 20.1 Å². The minimum Gasteiger partial charge on any atom is -0.490 e. The highest BCUT2D eigenvalue weighted by Gasteiger charge is 2.15. The Labute approximate surface area is 263 Å². The summed E-state index contributed by atoms with van der Waals surface area (Å²) in [4.78, 5) is 12.9. The number of carbonyl (C=O) groups excluding carboxylic acids is 1. The third-order valence-electron chi connectivity index (χ3n) is 5.80. The summed E-state index contributed by atoms with van der Waals surface area (Å²) in [5.41, 5.74) is 2.50. The fourth-order valence-electron chi connectivity index (χ4n) is 3.80. The number of anilines is 1. The summed E-state index contributed by atoms with van der Waals surface area (Å²) in [5.74, 6) is 0.714. The van der Waals surface area contributed by atoms with Crippen LogP contribution in [0.15, 0.2) is 84.4 Å². The van der Waals surface area contributed by atoms with Crippen LogP contribution in [0.4, 0.5) is 5.69 Å². The van der Waals surface area contributed by atoms with Crippen LogP contribution in [0, 0.1) is 11.3 Å². The lowest BCUT2D eigenvalue weighted by molar-refractivity contribution is -0.112. The zero-order valence-corrected chi connectivity index (χ0v) is 25.3. The standard InChI is InChI=1S/C32H24Cl4N2O4/c1-2-40-30-15-21(14-29(36)31(30)42-18-20-4-3-5-24(33)13-20)12-23(17-37)32(39)38-26-8-10-27(11-9-26)41-19-22-6-7-25(34)16-28(22)35/h3-16H,2,18-19H2,1H3,(H,38,39)/b23-12+. The van der Waals surface area contributed by atoms with Gasteiger partial charge < -0.3 is 19.5 Å². The molecule has 0 saturated heterocycles. The van der Waals surface area contributed by atoms with Crippen LogP contribution in [-0.2, 0) is 18.0 Å². The highest BCUT2D eigenvalue weighted by molar-refractivity contribution is 6.35. The van der Waals surface area contributed by atoms with Crippen molar-refractivity contribution in [3.63, 3.8) is 0 Å². The number of benzene rings is 4. The third kappa shape index (κ3) is 8.58. The molecule has 214 valence electrons. The largest absolute Gasteiger partial charge is 0.490 e. The number of rotatable bonds is 11. The van der Waals surface area contributed by atoms with Crippen molar-refractivity contribution in [1.29, 1.82) is 5.26 Å². The van der Waals surface area contributed by atoms with Gasteiger partial charge in [0.2, 0.25) is 0 Å². The molecule has 0 radical (unpaired) electrons. The van der Waals surface area contributed by atoms with E-state index in [1.807, 2.05) is 25.1 Å². The van der Waals surface area contributed by atoms with Crippen LogP contribution in [0.25, 0.3) is 6.08 Å². The average Bonchev–Trinajstić information content (AvgIpc) is 2.96. The van der Waals surface area contributed by atoms with Gasteiger partial charge in [0.15, 0.2) is 11.5 Å². The Balaban J connectivity index is 1.43. The predicted molar refractivity (Wildman–Crippen MR) is 168 cm³/mol. The van der Waals surface area contributed by atoms with E-state index in [1.165, 1.54) is 6.08 Å². The number of carbonyl (C=O) groups is 1. The maximum absolute atomic E-state index is 12.9. The summed E-state index contributed by atoms with van der Waals surface area (Å²) >= 11 is 24.7. The molecule has 6 nitrogen and oxygen atoms in total. The molecule has 0 aliphatic carbocycles. The lowest BCUT2D eigenvalue weighted by Crippen LogP contribution is -2.13. The summed E-state index contributed by atoms with van der Waals surface area (Å²) in [6, 6.07) is 24.4. The number of nitrogens with one attached hydrogen (secondary N) is 1. The second kappa shape index (κ2) is 14.9. The van der Waals surface area contributed by atoms with Crippen molar-refractivity contribution < 1.29 is 19.0 Å². The topological polar surface area (TPSA) is 80.6 Å². The number of hydrogen-bond acceptors (Lipinski definition) is 5. The molecule has 0 bridgehead atoms. The minimum absolute atomic E-state index is 0.126. The molecule has 0 heterocycles. The quantitative estimate of drug-likeness (QED) is 0.130. The monoisotopic (exact) mass is 640 g/mol. The van der Waals surface area contributed by atoms with Gasteiger partial charge in [-0.05, 0) is 84.8 Å². The Bertz CT molecular complexity index is 1650. The molecule has 4 aromatic carbocycles. The van der Waals surface area contributed by atoms with Gasteiger partial charge in [-0.25, -0.2) is 0 Å². The van der Waals surface area contributed by atoms with Crippen LogP contribution >= 0.6 is 46.4 Å². The predicted octanol–water partition coefficient (Wildman–Crippen LogP) is 9.40. The number of ether oxygens (including phenoxy) is 3. The van der Waals surface area contributed by atoms with E-state index in [1.54, 1.807) is 66.7 Å². The van der Waals surface area contributed by atoms with Gasteiger partial charge in [-0.2, -0.15) is 5.26 Å². The lowest BCUT2D eigenvalue weighted by Gasteiger charge is -2.15. The van der Waals surface area contributed by atoms with Crippen molar-refractivity contribution in [2.75, 3.05) is 11.9 Å². The number of nitrogens with zero attached hydrogens (tertiary/aromatic N) is 1. The summed E-state index contributed by atoms with van der Waals surface area (Å²) in [5, 5.41) is 14.3. The first-order valence-corrected chi connectivity index (χ1v) is 14.2. The highest BCUT2D eigenvalue weighted by Crippen LogP contribution is 2.38. The van der Waals surface area contributed by atoms with Crippen molar-refractivity contribution >= 4 is 64.1 Å². The number of halogens is 4. The Hall–Kier alpha value is -3.86. The molecule has 1 N–H and O–H groups in total. The van der Waals surface area contributed by atoms with E-state index >= 15 is 0 Å². The second-order valence-electron chi connectivity index (χ2n) is 8.85. The van der Waals surface area contributed by atoms with Crippen molar-refractivity contribution in [2.45, 2.75) is 20.1 Å². The number of nitriles is 1. The zero-order chi connectivity index (χ0) is 30.1. The van der Waals surface area contributed by atoms with Gasteiger partial charge in [-0.3, -0.25) is 4.79 Å². The van der Waals surface area contributed by atoms with E-state index < -0.39 is 5.91 Å². The highest BCUT2D eigenvalue weighted by atomic mass is 35.5. The first-order valence-electron chi connectivity index (χ1n) is 12.7. The minimum atomic E-state index is -0.588. The van der Waals surface area contributed by atoms with E-state index in [-0.39, 0.29) is 23.8 Å². The van der Waals surface area contributed by atoms with Crippen molar-refractivity contribution in [3.05, 3.63) is 121 Å². The molecule has 0 saturated carbocycles. The molecule has 10 heteroatoms. The number of hydrogen-bond donors (Lipinski definition) is 1. The molecular weight excluding hydrogens is 618 g/mol. The molecule has 1 amide bonds. The SMILES string of the molecule is CCOc1cc(/C=C(\C#N)C(=O)Nc2ccc(OCc3ccc(Cl)cc3Cl)cc2)cc(Cl)c1OCc1cccc(Cl)c1. The Morgan fingerprint density at radius 2 is 1.62 bits per heavy atom. The van der Waals surface area contributed by atoms with Crippen molar-refractivity contribution in [3.8, 4) is 23.3 Å². The summed E-state index contributed by atoms with van der Waals surface area (Å²) < 4.78 is 17.4. The van der Waals surface area contributed by atoms with Gasteiger partial charge in [0.25, 0.3) is 5.91 Å². The molecule has 0 aliphatic heterocycles. The van der Waals surface area contributed by atoms with Gasteiger partial charge in [-0.15, -0.1) is 0 Å². The molecule has 0 unspecified atom stereocenters. The van der Waals surface area contributed by atoms with Crippen molar-refractivity contribution in [2.24, 2.45) is 0 Å². The number of amides is 1. The second-order valence-corrected chi connectivity index (χ2v) is 10.5. The van der Waals surface area contributed by atoms with E-state index in [9.17, 15) is 10.1 Å². The van der Waals surface area contributed by atoms with Crippen LogP contribution in [0.3, 0.4) is 0 Å².